The van der Waals surface area contributed by atoms with Crippen molar-refractivity contribution in [2.45, 2.75) is 5.03 Å². The van der Waals surface area contributed by atoms with Gasteiger partial charge in [-0.1, -0.05) is 18.2 Å². The van der Waals surface area contributed by atoms with Crippen LogP contribution in [0.15, 0.2) is 52.1 Å². The van der Waals surface area contributed by atoms with E-state index in [1.54, 1.807) is 12.3 Å². The molecule has 0 aliphatic carbocycles. The number of urea groups is 1. The Morgan fingerprint density at radius 1 is 1.16 bits per heavy atom. The van der Waals surface area contributed by atoms with Crippen LogP contribution in [0.3, 0.4) is 0 Å². The summed E-state index contributed by atoms with van der Waals surface area (Å²) in [6.45, 7) is 0.409. The SMILES string of the molecule is O=C1CNC(=O)N1CCSc1nc(-c2ccco2)nc2ccccc12. The van der Waals surface area contributed by atoms with Crippen LogP contribution in [0.25, 0.3) is 22.5 Å². The molecular formula is C17H14N4O3S. The summed E-state index contributed by atoms with van der Waals surface area (Å²) in [4.78, 5) is 33.6. The molecule has 3 amide bonds. The minimum absolute atomic E-state index is 0.0720. The maximum absolute atomic E-state index is 11.6. The van der Waals surface area contributed by atoms with Crippen molar-refractivity contribution in [3.63, 3.8) is 0 Å². The van der Waals surface area contributed by atoms with E-state index in [2.05, 4.69) is 15.3 Å². The summed E-state index contributed by atoms with van der Waals surface area (Å²) in [7, 11) is 0. The lowest BCUT2D eigenvalue weighted by atomic mass is 10.2. The van der Waals surface area contributed by atoms with E-state index in [9.17, 15) is 9.59 Å². The van der Waals surface area contributed by atoms with Gasteiger partial charge in [0.1, 0.15) is 5.03 Å². The molecule has 126 valence electrons. The molecular weight excluding hydrogens is 340 g/mol. The van der Waals surface area contributed by atoms with Crippen molar-refractivity contribution >= 4 is 34.6 Å². The second-order valence-corrected chi connectivity index (χ2v) is 6.48. The molecule has 0 spiro atoms. The number of carbonyl (C=O) groups is 2. The molecule has 1 aliphatic rings. The van der Waals surface area contributed by atoms with Gasteiger partial charge in [0.15, 0.2) is 11.6 Å². The van der Waals surface area contributed by atoms with Crippen molar-refractivity contribution in [3.05, 3.63) is 42.7 Å². The highest BCUT2D eigenvalue weighted by atomic mass is 32.2. The summed E-state index contributed by atoms with van der Waals surface area (Å²) in [6, 6.07) is 11.0. The van der Waals surface area contributed by atoms with Gasteiger partial charge in [-0.2, -0.15) is 0 Å². The summed E-state index contributed by atoms with van der Waals surface area (Å²) in [5, 5.41) is 4.24. The topological polar surface area (TPSA) is 88.3 Å². The van der Waals surface area contributed by atoms with Crippen LogP contribution in [0.1, 0.15) is 0 Å². The lowest BCUT2D eigenvalue weighted by Gasteiger charge is -2.12. The van der Waals surface area contributed by atoms with Crippen LogP contribution in [-0.4, -0.2) is 45.6 Å². The molecule has 7 nitrogen and oxygen atoms in total. The van der Waals surface area contributed by atoms with E-state index in [1.165, 1.54) is 16.7 Å². The normalized spacial score (nSPS) is 14.3. The van der Waals surface area contributed by atoms with E-state index in [0.717, 1.165) is 15.9 Å². The van der Waals surface area contributed by atoms with Crippen molar-refractivity contribution in [2.24, 2.45) is 0 Å². The zero-order valence-electron chi connectivity index (χ0n) is 13.1. The number of hydrogen-bond acceptors (Lipinski definition) is 6. The fraction of sp³-hybridized carbons (Fsp3) is 0.176. The van der Waals surface area contributed by atoms with Gasteiger partial charge in [0.2, 0.25) is 5.91 Å². The Morgan fingerprint density at radius 2 is 2.04 bits per heavy atom. The first-order valence-electron chi connectivity index (χ1n) is 7.74. The van der Waals surface area contributed by atoms with E-state index in [4.69, 9.17) is 4.42 Å². The standard InChI is InChI=1S/C17H14N4O3S/c22-14-10-18-17(23)21(14)7-9-25-16-11-4-1-2-5-12(11)19-15(20-16)13-6-3-8-24-13/h1-6,8H,7,9-10H2,(H,18,23). The van der Waals surface area contributed by atoms with Crippen LogP contribution < -0.4 is 5.32 Å². The fourth-order valence-electron chi connectivity index (χ4n) is 2.59. The second kappa shape index (κ2) is 6.56. The molecule has 0 atom stereocenters. The predicted molar refractivity (Wildman–Crippen MR) is 93.1 cm³/mol. The van der Waals surface area contributed by atoms with Gasteiger partial charge < -0.3 is 9.73 Å². The van der Waals surface area contributed by atoms with Crippen LogP contribution in [0.4, 0.5) is 4.79 Å². The molecule has 1 fully saturated rings. The Labute approximate surface area is 147 Å². The first kappa shape index (κ1) is 15.6. The van der Waals surface area contributed by atoms with Gasteiger partial charge in [-0.3, -0.25) is 9.69 Å². The highest BCUT2D eigenvalue weighted by molar-refractivity contribution is 7.99. The zero-order chi connectivity index (χ0) is 17.2. The highest BCUT2D eigenvalue weighted by Crippen LogP contribution is 2.28. The summed E-state index contributed by atoms with van der Waals surface area (Å²) in [6.07, 6.45) is 1.58. The quantitative estimate of drug-likeness (QED) is 0.430. The van der Waals surface area contributed by atoms with Crippen LogP contribution in [0, 0.1) is 0 Å². The highest BCUT2D eigenvalue weighted by Gasteiger charge is 2.27. The van der Waals surface area contributed by atoms with Crippen molar-refractivity contribution in [1.29, 1.82) is 0 Å². The Balaban J connectivity index is 1.59. The van der Waals surface area contributed by atoms with Crippen LogP contribution in [0.2, 0.25) is 0 Å². The fourth-order valence-corrected chi connectivity index (χ4v) is 3.54. The van der Waals surface area contributed by atoms with Crippen molar-refractivity contribution in [1.82, 2.24) is 20.2 Å². The summed E-state index contributed by atoms with van der Waals surface area (Å²) >= 11 is 1.49. The van der Waals surface area contributed by atoms with E-state index < -0.39 is 0 Å². The number of hydrogen-bond donors (Lipinski definition) is 1. The molecule has 1 saturated heterocycles. The van der Waals surface area contributed by atoms with E-state index in [-0.39, 0.29) is 18.5 Å². The predicted octanol–water partition coefficient (Wildman–Crippen LogP) is 2.53. The molecule has 1 aliphatic heterocycles. The molecule has 1 aromatic carbocycles. The number of para-hydroxylation sites is 1. The first-order valence-corrected chi connectivity index (χ1v) is 8.72. The molecule has 3 heterocycles. The lowest BCUT2D eigenvalue weighted by molar-refractivity contribution is -0.124. The summed E-state index contributed by atoms with van der Waals surface area (Å²) < 4.78 is 5.40. The average molecular weight is 354 g/mol. The number of imide groups is 1. The van der Waals surface area contributed by atoms with Crippen molar-refractivity contribution in [2.75, 3.05) is 18.8 Å². The largest absolute Gasteiger partial charge is 0.461 e. The zero-order valence-corrected chi connectivity index (χ0v) is 14.0. The Hall–Kier alpha value is -2.87. The second-order valence-electron chi connectivity index (χ2n) is 5.40. The Morgan fingerprint density at radius 3 is 2.80 bits per heavy atom. The van der Waals surface area contributed by atoms with Crippen LogP contribution >= 0.6 is 11.8 Å². The van der Waals surface area contributed by atoms with Crippen molar-refractivity contribution in [3.8, 4) is 11.6 Å². The minimum Gasteiger partial charge on any atom is -0.461 e. The maximum Gasteiger partial charge on any atom is 0.324 e. The number of amides is 3. The molecule has 8 heteroatoms. The average Bonchev–Trinajstić information content (AvgIpc) is 3.27. The molecule has 1 N–H and O–H groups in total. The number of fused-ring (bicyclic) bond motifs is 1. The molecule has 0 unspecified atom stereocenters. The summed E-state index contributed by atoms with van der Waals surface area (Å²) in [5.74, 6) is 1.47. The van der Waals surface area contributed by atoms with E-state index >= 15 is 0 Å². The summed E-state index contributed by atoms with van der Waals surface area (Å²) in [5.41, 5.74) is 0.821. The van der Waals surface area contributed by atoms with E-state index in [0.29, 0.717) is 23.9 Å². The molecule has 2 aromatic heterocycles. The monoisotopic (exact) mass is 354 g/mol. The molecule has 25 heavy (non-hydrogen) atoms. The number of aromatic nitrogens is 2. The molecule has 0 bridgehead atoms. The minimum atomic E-state index is -0.338. The third-order valence-corrected chi connectivity index (χ3v) is 4.77. The number of benzene rings is 1. The maximum atomic E-state index is 11.6. The number of furan rings is 1. The van der Waals surface area contributed by atoms with Gasteiger partial charge in [-0.25, -0.2) is 14.8 Å². The number of nitrogens with zero attached hydrogens (tertiary/aromatic N) is 3. The molecule has 0 saturated carbocycles. The van der Waals surface area contributed by atoms with Gasteiger partial charge in [0.25, 0.3) is 0 Å². The van der Waals surface area contributed by atoms with Crippen molar-refractivity contribution < 1.29 is 14.0 Å². The third-order valence-electron chi connectivity index (χ3n) is 3.80. The number of nitrogens with one attached hydrogen (secondary N) is 1. The van der Waals surface area contributed by atoms with Gasteiger partial charge in [0.05, 0.1) is 18.3 Å². The Bertz CT molecular complexity index is 926. The van der Waals surface area contributed by atoms with Gasteiger partial charge in [-0.05, 0) is 18.2 Å². The van der Waals surface area contributed by atoms with Crippen LogP contribution in [-0.2, 0) is 4.79 Å². The molecule has 0 radical (unpaired) electrons. The van der Waals surface area contributed by atoms with E-state index in [1.807, 2.05) is 30.3 Å². The van der Waals surface area contributed by atoms with Gasteiger partial charge in [-0.15, -0.1) is 11.8 Å². The first-order chi connectivity index (χ1) is 12.2. The third kappa shape index (κ3) is 3.08. The number of rotatable bonds is 5. The smallest absolute Gasteiger partial charge is 0.324 e. The molecule has 3 aromatic rings. The Kier molecular flexibility index (Phi) is 4.10. The van der Waals surface area contributed by atoms with Gasteiger partial charge >= 0.3 is 6.03 Å². The number of thioether (sulfide) groups is 1. The van der Waals surface area contributed by atoms with Gasteiger partial charge in [0, 0.05) is 17.7 Å². The van der Waals surface area contributed by atoms with Crippen LogP contribution in [0.5, 0.6) is 0 Å². The number of carbonyl (C=O) groups excluding carboxylic acids is 2. The lowest BCUT2D eigenvalue weighted by Crippen LogP contribution is -2.32. The molecule has 4 rings (SSSR count).